The monoisotopic (exact) mass is 253 g/mol. The summed E-state index contributed by atoms with van der Waals surface area (Å²) in [5, 5.41) is 12.5. The molecule has 0 fully saturated rings. The predicted molar refractivity (Wildman–Crippen MR) is 70.2 cm³/mol. The molecule has 0 aliphatic carbocycles. The van der Waals surface area contributed by atoms with Crippen LogP contribution in [0.1, 0.15) is 40.4 Å². The first-order valence-corrected chi connectivity index (χ1v) is 6.10. The molecule has 0 amide bonds. The van der Waals surface area contributed by atoms with Gasteiger partial charge in [-0.25, -0.2) is 4.98 Å². The highest BCUT2D eigenvalue weighted by Gasteiger charge is 2.28. The lowest BCUT2D eigenvalue weighted by molar-refractivity contribution is -0.147. The second-order valence-corrected chi connectivity index (χ2v) is 6.26. The number of aromatic nitrogens is 2. The lowest BCUT2D eigenvalue weighted by Crippen LogP contribution is -2.36. The van der Waals surface area contributed by atoms with E-state index >= 15 is 0 Å². The van der Waals surface area contributed by atoms with Crippen LogP contribution in [0.15, 0.2) is 12.4 Å². The van der Waals surface area contributed by atoms with Crippen molar-refractivity contribution in [1.29, 1.82) is 0 Å². The van der Waals surface area contributed by atoms with E-state index in [4.69, 9.17) is 5.11 Å². The van der Waals surface area contributed by atoms with Gasteiger partial charge in [0.25, 0.3) is 0 Å². The van der Waals surface area contributed by atoms with Crippen molar-refractivity contribution in [3.8, 4) is 0 Å². The predicted octanol–water partition coefficient (Wildman–Crippen LogP) is 1.88. The molecular weight excluding hydrogens is 230 g/mol. The molecule has 0 aromatic carbocycles. The van der Waals surface area contributed by atoms with Crippen LogP contribution >= 0.6 is 0 Å². The number of nitrogens with one attached hydrogen (secondary N) is 1. The maximum absolute atomic E-state index is 11.1. The smallest absolute Gasteiger partial charge is 0.310 e. The second kappa shape index (κ2) is 5.10. The second-order valence-electron chi connectivity index (χ2n) is 6.26. The Hall–Kier alpha value is -1.36. The number of carboxylic acid groups (broad SMARTS) is 1. The maximum atomic E-state index is 11.1. The number of carbonyl (C=O) groups is 1. The minimum absolute atomic E-state index is 0.0130. The molecule has 1 aromatic rings. The van der Waals surface area contributed by atoms with E-state index in [1.54, 1.807) is 20.0 Å². The Morgan fingerprint density at radius 1 is 1.39 bits per heavy atom. The number of rotatable bonds is 5. The van der Waals surface area contributed by atoms with E-state index in [0.717, 1.165) is 5.82 Å². The highest BCUT2D eigenvalue weighted by molar-refractivity contribution is 5.73. The van der Waals surface area contributed by atoms with Crippen LogP contribution in [0.4, 0.5) is 0 Å². The van der Waals surface area contributed by atoms with Crippen molar-refractivity contribution in [1.82, 2.24) is 14.9 Å². The summed E-state index contributed by atoms with van der Waals surface area (Å²) in [5.41, 5.74) is -0.781. The van der Waals surface area contributed by atoms with Crippen LogP contribution < -0.4 is 5.32 Å². The van der Waals surface area contributed by atoms with Gasteiger partial charge in [-0.1, -0.05) is 0 Å². The molecule has 0 spiro atoms. The van der Waals surface area contributed by atoms with Crippen molar-refractivity contribution in [3.63, 3.8) is 0 Å². The zero-order chi connectivity index (χ0) is 14.0. The molecule has 102 valence electrons. The van der Waals surface area contributed by atoms with E-state index in [9.17, 15) is 4.79 Å². The van der Waals surface area contributed by atoms with Gasteiger partial charge in [0.15, 0.2) is 0 Å². The first kappa shape index (κ1) is 14.7. The molecule has 0 unspecified atom stereocenters. The third-order valence-electron chi connectivity index (χ3n) is 2.72. The Balaban J connectivity index is 2.74. The number of carboxylic acids is 1. The van der Waals surface area contributed by atoms with Crippen molar-refractivity contribution < 1.29 is 9.90 Å². The van der Waals surface area contributed by atoms with Gasteiger partial charge in [0, 0.05) is 24.5 Å². The summed E-state index contributed by atoms with van der Waals surface area (Å²) in [6.45, 7) is 10.7. The first-order valence-electron chi connectivity index (χ1n) is 6.10. The van der Waals surface area contributed by atoms with E-state index in [1.165, 1.54) is 0 Å². The third kappa shape index (κ3) is 4.14. The lowest BCUT2D eigenvalue weighted by atomic mass is 9.94. The Morgan fingerprint density at radius 3 is 2.50 bits per heavy atom. The molecule has 1 aromatic heterocycles. The van der Waals surface area contributed by atoms with Gasteiger partial charge < -0.3 is 15.0 Å². The molecule has 5 nitrogen and oxygen atoms in total. The van der Waals surface area contributed by atoms with Gasteiger partial charge in [-0.3, -0.25) is 4.79 Å². The Kier molecular flexibility index (Phi) is 4.16. The fraction of sp³-hybridized carbons (Fsp3) is 0.692. The minimum atomic E-state index is -0.800. The zero-order valence-corrected chi connectivity index (χ0v) is 11.8. The van der Waals surface area contributed by atoms with E-state index in [1.807, 2.05) is 10.8 Å². The highest BCUT2D eigenvalue weighted by atomic mass is 16.4. The number of aliphatic carboxylic acids is 1. The molecule has 0 radical (unpaired) electrons. The molecule has 0 saturated heterocycles. The highest BCUT2D eigenvalue weighted by Crippen LogP contribution is 2.19. The van der Waals surface area contributed by atoms with E-state index < -0.39 is 11.4 Å². The van der Waals surface area contributed by atoms with Gasteiger partial charge in [-0.05, 0) is 34.6 Å². The molecule has 2 N–H and O–H groups in total. The Bertz CT molecular complexity index is 416. The van der Waals surface area contributed by atoms with Crippen molar-refractivity contribution in [2.24, 2.45) is 5.41 Å². The van der Waals surface area contributed by atoms with E-state index in [2.05, 4.69) is 31.1 Å². The topological polar surface area (TPSA) is 67.2 Å². The summed E-state index contributed by atoms with van der Waals surface area (Å²) in [7, 11) is 0. The molecule has 0 bridgehead atoms. The van der Waals surface area contributed by atoms with Gasteiger partial charge in [0.05, 0.1) is 12.0 Å². The van der Waals surface area contributed by atoms with Gasteiger partial charge in [-0.2, -0.15) is 0 Å². The standard InChI is InChI=1S/C13H23N3O2/c1-12(2,3)15-8-10-14-6-7-16(10)9-13(4,5)11(17)18/h6-7,15H,8-9H2,1-5H3,(H,17,18). The van der Waals surface area contributed by atoms with Crippen molar-refractivity contribution >= 4 is 5.97 Å². The van der Waals surface area contributed by atoms with Crippen molar-refractivity contribution in [2.45, 2.75) is 53.2 Å². The molecule has 0 atom stereocenters. The SMILES string of the molecule is CC(C)(C)NCc1nccn1CC(C)(C)C(=O)O. The summed E-state index contributed by atoms with van der Waals surface area (Å²) in [6.07, 6.45) is 3.53. The Labute approximate surface area is 108 Å². The lowest BCUT2D eigenvalue weighted by Gasteiger charge is -2.23. The summed E-state index contributed by atoms with van der Waals surface area (Å²) in [6, 6.07) is 0. The average Bonchev–Trinajstić information content (AvgIpc) is 2.60. The van der Waals surface area contributed by atoms with Crippen LogP contribution in [0.5, 0.6) is 0 Å². The molecule has 1 rings (SSSR count). The number of imidazole rings is 1. The molecule has 0 saturated carbocycles. The van der Waals surface area contributed by atoms with Crippen LogP contribution in [-0.4, -0.2) is 26.2 Å². The number of nitrogens with zero attached hydrogens (tertiary/aromatic N) is 2. The normalized spacial score (nSPS) is 12.7. The zero-order valence-electron chi connectivity index (χ0n) is 11.8. The average molecular weight is 253 g/mol. The van der Waals surface area contributed by atoms with E-state index in [0.29, 0.717) is 13.1 Å². The molecule has 0 aliphatic heterocycles. The van der Waals surface area contributed by atoms with Crippen LogP contribution in [0.3, 0.4) is 0 Å². The minimum Gasteiger partial charge on any atom is -0.481 e. The molecule has 5 heteroatoms. The van der Waals surface area contributed by atoms with Gasteiger partial charge in [-0.15, -0.1) is 0 Å². The summed E-state index contributed by atoms with van der Waals surface area (Å²) >= 11 is 0. The maximum Gasteiger partial charge on any atom is 0.310 e. The largest absolute Gasteiger partial charge is 0.481 e. The number of hydrogen-bond acceptors (Lipinski definition) is 3. The van der Waals surface area contributed by atoms with Crippen LogP contribution in [-0.2, 0) is 17.9 Å². The fourth-order valence-electron chi connectivity index (χ4n) is 1.49. The van der Waals surface area contributed by atoms with Gasteiger partial charge >= 0.3 is 5.97 Å². The number of hydrogen-bond donors (Lipinski definition) is 2. The van der Waals surface area contributed by atoms with Crippen molar-refractivity contribution in [2.75, 3.05) is 0 Å². The molecular formula is C13H23N3O2. The van der Waals surface area contributed by atoms with Gasteiger partial charge in [0.2, 0.25) is 0 Å². The van der Waals surface area contributed by atoms with Crippen molar-refractivity contribution in [3.05, 3.63) is 18.2 Å². The first-order chi connectivity index (χ1) is 8.12. The van der Waals surface area contributed by atoms with Crippen LogP contribution in [0, 0.1) is 5.41 Å². The fourth-order valence-corrected chi connectivity index (χ4v) is 1.49. The van der Waals surface area contributed by atoms with E-state index in [-0.39, 0.29) is 5.54 Å². The Morgan fingerprint density at radius 2 is 2.00 bits per heavy atom. The van der Waals surface area contributed by atoms with Crippen LogP contribution in [0.2, 0.25) is 0 Å². The summed E-state index contributed by atoms with van der Waals surface area (Å²) in [4.78, 5) is 15.4. The molecule has 0 aliphatic rings. The summed E-state index contributed by atoms with van der Waals surface area (Å²) < 4.78 is 1.90. The van der Waals surface area contributed by atoms with Gasteiger partial charge in [0.1, 0.15) is 5.82 Å². The molecule has 1 heterocycles. The summed E-state index contributed by atoms with van der Waals surface area (Å²) in [5.74, 6) is 0.0604. The van der Waals surface area contributed by atoms with Crippen LogP contribution in [0.25, 0.3) is 0 Å². The third-order valence-corrected chi connectivity index (χ3v) is 2.72. The molecule has 18 heavy (non-hydrogen) atoms. The quantitative estimate of drug-likeness (QED) is 0.841.